The van der Waals surface area contributed by atoms with E-state index in [1.165, 1.54) is 24.0 Å². The van der Waals surface area contributed by atoms with Gasteiger partial charge in [0.2, 0.25) is 0 Å². The predicted octanol–water partition coefficient (Wildman–Crippen LogP) is 4.48. The molecule has 1 atom stereocenters. The lowest BCUT2D eigenvalue weighted by Gasteiger charge is -2.26. The number of H-pyrrole nitrogens is 1. The van der Waals surface area contributed by atoms with Crippen molar-refractivity contribution in [3.05, 3.63) is 65.9 Å². The van der Waals surface area contributed by atoms with Crippen LogP contribution >= 0.6 is 0 Å². The number of fused-ring (bicyclic) bond motifs is 1. The van der Waals surface area contributed by atoms with Gasteiger partial charge in [-0.1, -0.05) is 12.1 Å². The number of hydrogen-bond donors (Lipinski definition) is 1. The van der Waals surface area contributed by atoms with E-state index in [1.807, 2.05) is 25.4 Å². The van der Waals surface area contributed by atoms with Gasteiger partial charge in [0, 0.05) is 30.4 Å². The van der Waals surface area contributed by atoms with Gasteiger partial charge in [-0.2, -0.15) is 15.4 Å². The van der Waals surface area contributed by atoms with Crippen LogP contribution in [0.25, 0.3) is 22.6 Å². The average Bonchev–Trinajstić information content (AvgIpc) is 3.40. The molecule has 1 fully saturated rings. The van der Waals surface area contributed by atoms with Crippen LogP contribution in [0.5, 0.6) is 5.75 Å². The summed E-state index contributed by atoms with van der Waals surface area (Å²) in [6.45, 7) is 3.59. The standard InChI is InChI=1S/C24H24N6O/c1-15-24(28-29-27-15)18-6-8-25-21(10-18)22-13-30(14-26-22)12-19-7-9-31-23-11-17(16-2-3-16)4-5-20(19)23/h4-6,8,10-11,13-14,16,19H,2-3,7,9,12H2,1H3,(H,27,28,29)/t19-/m1/s1. The van der Waals surface area contributed by atoms with Gasteiger partial charge in [-0.15, -0.1) is 0 Å². The molecule has 0 spiro atoms. The molecule has 1 saturated carbocycles. The minimum atomic E-state index is 0.427. The second-order valence-corrected chi connectivity index (χ2v) is 8.55. The Hall–Kier alpha value is -3.48. The zero-order valence-corrected chi connectivity index (χ0v) is 17.5. The molecule has 156 valence electrons. The third kappa shape index (κ3) is 3.50. The van der Waals surface area contributed by atoms with Gasteiger partial charge in [0.1, 0.15) is 17.1 Å². The van der Waals surface area contributed by atoms with Gasteiger partial charge < -0.3 is 9.30 Å². The van der Waals surface area contributed by atoms with Crippen molar-refractivity contribution in [2.24, 2.45) is 0 Å². The lowest BCUT2D eigenvalue weighted by molar-refractivity contribution is 0.258. The maximum Gasteiger partial charge on any atom is 0.123 e. The van der Waals surface area contributed by atoms with Crippen molar-refractivity contribution in [3.63, 3.8) is 0 Å². The van der Waals surface area contributed by atoms with Crippen molar-refractivity contribution in [3.8, 4) is 28.4 Å². The van der Waals surface area contributed by atoms with Crippen molar-refractivity contribution in [2.75, 3.05) is 6.61 Å². The zero-order chi connectivity index (χ0) is 20.8. The summed E-state index contributed by atoms with van der Waals surface area (Å²) < 4.78 is 8.16. The first-order chi connectivity index (χ1) is 15.2. The molecule has 31 heavy (non-hydrogen) atoms. The van der Waals surface area contributed by atoms with Crippen molar-refractivity contribution in [1.29, 1.82) is 0 Å². The van der Waals surface area contributed by atoms with Gasteiger partial charge in [0.15, 0.2) is 0 Å². The van der Waals surface area contributed by atoms with Crippen LogP contribution in [-0.2, 0) is 6.54 Å². The second kappa shape index (κ2) is 7.34. The van der Waals surface area contributed by atoms with Gasteiger partial charge in [-0.25, -0.2) is 4.98 Å². The van der Waals surface area contributed by atoms with Gasteiger partial charge >= 0.3 is 0 Å². The molecule has 1 N–H and O–H groups in total. The molecule has 4 aromatic rings. The van der Waals surface area contributed by atoms with Crippen LogP contribution in [0.4, 0.5) is 0 Å². The third-order valence-corrected chi connectivity index (χ3v) is 6.33. The summed E-state index contributed by atoms with van der Waals surface area (Å²) in [5, 5.41) is 11.0. The molecule has 2 aliphatic rings. The highest BCUT2D eigenvalue weighted by Crippen LogP contribution is 2.44. The third-order valence-electron chi connectivity index (χ3n) is 6.33. The summed E-state index contributed by atoms with van der Waals surface area (Å²) >= 11 is 0. The highest BCUT2D eigenvalue weighted by molar-refractivity contribution is 5.67. The number of nitrogens with zero attached hydrogens (tertiary/aromatic N) is 5. The zero-order valence-electron chi connectivity index (χ0n) is 17.5. The highest BCUT2D eigenvalue weighted by atomic mass is 16.5. The van der Waals surface area contributed by atoms with Gasteiger partial charge in [-0.05, 0) is 61.4 Å². The first-order valence-electron chi connectivity index (χ1n) is 10.9. The van der Waals surface area contributed by atoms with Gasteiger partial charge in [0.25, 0.3) is 0 Å². The van der Waals surface area contributed by atoms with Crippen LogP contribution in [0.2, 0.25) is 0 Å². The van der Waals surface area contributed by atoms with Crippen molar-refractivity contribution < 1.29 is 4.74 Å². The molecule has 0 saturated heterocycles. The molecule has 3 aromatic heterocycles. The number of pyridine rings is 1. The summed E-state index contributed by atoms with van der Waals surface area (Å²) in [7, 11) is 0. The van der Waals surface area contributed by atoms with Crippen LogP contribution in [0.1, 0.15) is 47.9 Å². The van der Waals surface area contributed by atoms with Gasteiger partial charge in [0.05, 0.1) is 24.3 Å². The molecule has 0 radical (unpaired) electrons. The Morgan fingerprint density at radius 1 is 1.06 bits per heavy atom. The maximum atomic E-state index is 5.99. The molecular formula is C24H24N6O. The van der Waals surface area contributed by atoms with E-state index in [1.54, 1.807) is 6.20 Å². The Labute approximate surface area is 180 Å². The maximum absolute atomic E-state index is 5.99. The van der Waals surface area contributed by atoms with E-state index in [-0.39, 0.29) is 0 Å². The summed E-state index contributed by atoms with van der Waals surface area (Å²) in [5.74, 6) is 2.24. The number of benzene rings is 1. The fraction of sp³-hybridized carbons (Fsp3) is 0.333. The average molecular weight is 412 g/mol. The Morgan fingerprint density at radius 3 is 2.84 bits per heavy atom. The van der Waals surface area contributed by atoms with Crippen LogP contribution in [0.3, 0.4) is 0 Å². The minimum Gasteiger partial charge on any atom is -0.493 e. The fourth-order valence-electron chi connectivity index (χ4n) is 4.46. The van der Waals surface area contributed by atoms with Crippen LogP contribution in [0, 0.1) is 6.92 Å². The number of ether oxygens (including phenoxy) is 1. The Balaban J connectivity index is 1.24. The molecule has 0 bridgehead atoms. The van der Waals surface area contributed by atoms with Gasteiger partial charge in [-0.3, -0.25) is 4.98 Å². The number of aromatic nitrogens is 6. The Kier molecular flexibility index (Phi) is 4.33. The quantitative estimate of drug-likeness (QED) is 0.523. The number of aromatic amines is 1. The second-order valence-electron chi connectivity index (χ2n) is 8.55. The number of nitrogens with one attached hydrogen (secondary N) is 1. The van der Waals surface area contributed by atoms with E-state index in [2.05, 4.69) is 54.3 Å². The van der Waals surface area contributed by atoms with E-state index in [4.69, 9.17) is 4.74 Å². The van der Waals surface area contributed by atoms with Crippen molar-refractivity contribution >= 4 is 0 Å². The number of rotatable bonds is 5. The molecule has 7 heteroatoms. The summed E-state index contributed by atoms with van der Waals surface area (Å²) in [6, 6.07) is 10.8. The molecule has 7 nitrogen and oxygen atoms in total. The van der Waals surface area contributed by atoms with Crippen molar-refractivity contribution in [2.45, 2.75) is 44.6 Å². The van der Waals surface area contributed by atoms with E-state index >= 15 is 0 Å². The lowest BCUT2D eigenvalue weighted by atomic mass is 9.91. The molecule has 1 aliphatic heterocycles. The van der Waals surface area contributed by atoms with Crippen LogP contribution < -0.4 is 4.74 Å². The molecular weight excluding hydrogens is 388 g/mol. The minimum absolute atomic E-state index is 0.427. The molecule has 0 amide bonds. The fourth-order valence-corrected chi connectivity index (χ4v) is 4.46. The predicted molar refractivity (Wildman–Crippen MR) is 117 cm³/mol. The summed E-state index contributed by atoms with van der Waals surface area (Å²) in [6.07, 6.45) is 9.41. The lowest BCUT2D eigenvalue weighted by Crippen LogP contribution is -2.18. The molecule has 4 heterocycles. The topological polar surface area (TPSA) is 81.5 Å². The Bertz CT molecular complexity index is 1240. The molecule has 6 rings (SSSR count). The highest BCUT2D eigenvalue weighted by Gasteiger charge is 2.27. The molecule has 1 aliphatic carbocycles. The molecule has 0 unspecified atom stereocenters. The Morgan fingerprint density at radius 2 is 2.00 bits per heavy atom. The van der Waals surface area contributed by atoms with E-state index < -0.39 is 0 Å². The normalized spacial score (nSPS) is 17.9. The monoisotopic (exact) mass is 412 g/mol. The van der Waals surface area contributed by atoms with Crippen LogP contribution in [0.15, 0.2) is 49.1 Å². The summed E-state index contributed by atoms with van der Waals surface area (Å²) in [4.78, 5) is 9.15. The summed E-state index contributed by atoms with van der Waals surface area (Å²) in [5.41, 5.74) is 7.12. The number of aryl methyl sites for hydroxylation is 1. The molecule has 1 aromatic carbocycles. The van der Waals surface area contributed by atoms with Crippen LogP contribution in [-0.4, -0.2) is 36.6 Å². The van der Waals surface area contributed by atoms with E-state index in [0.717, 1.165) is 59.6 Å². The van der Waals surface area contributed by atoms with Crippen molar-refractivity contribution in [1.82, 2.24) is 29.9 Å². The largest absolute Gasteiger partial charge is 0.493 e. The number of hydrogen-bond acceptors (Lipinski definition) is 5. The number of imidazole rings is 1. The van der Waals surface area contributed by atoms with E-state index in [9.17, 15) is 0 Å². The first-order valence-corrected chi connectivity index (χ1v) is 10.9. The smallest absolute Gasteiger partial charge is 0.123 e. The SMILES string of the molecule is Cc1n[nH]nc1-c1ccnc(-c2cn(C[C@H]3CCOc4cc(C5CC5)ccc43)cn2)c1. The van der Waals surface area contributed by atoms with E-state index in [0.29, 0.717) is 5.92 Å². The first kappa shape index (κ1) is 18.3.